The van der Waals surface area contributed by atoms with E-state index in [1.54, 1.807) is 14.2 Å². The lowest BCUT2D eigenvalue weighted by molar-refractivity contribution is 0.311. The molecule has 0 bridgehead atoms. The maximum atomic E-state index is 5.64. The van der Waals surface area contributed by atoms with Crippen molar-refractivity contribution >= 4 is 11.6 Å². The third-order valence-electron chi connectivity index (χ3n) is 4.36. The van der Waals surface area contributed by atoms with E-state index in [1.165, 1.54) is 0 Å². The van der Waals surface area contributed by atoms with Gasteiger partial charge in [-0.2, -0.15) is 5.10 Å². The number of para-hydroxylation sites is 1. The Morgan fingerprint density at radius 1 is 1.14 bits per heavy atom. The van der Waals surface area contributed by atoms with Gasteiger partial charge in [0.25, 0.3) is 0 Å². The molecule has 152 valence electrons. The van der Waals surface area contributed by atoms with Crippen LogP contribution < -0.4 is 20.1 Å². The van der Waals surface area contributed by atoms with Crippen LogP contribution in [0.1, 0.15) is 18.2 Å². The lowest BCUT2D eigenvalue weighted by Crippen LogP contribution is -2.30. The number of aryl methyl sites for hydroxylation is 1. The summed E-state index contributed by atoms with van der Waals surface area (Å²) in [6.07, 6.45) is 1.97. The summed E-state index contributed by atoms with van der Waals surface area (Å²) in [4.78, 5) is 4.32. The van der Waals surface area contributed by atoms with E-state index in [0.29, 0.717) is 30.6 Å². The number of aliphatic imine (C=N–C) groups is 1. The topological polar surface area (TPSA) is 72.7 Å². The van der Waals surface area contributed by atoms with Crippen LogP contribution in [-0.4, -0.2) is 36.5 Å². The van der Waals surface area contributed by atoms with Gasteiger partial charge in [0, 0.05) is 31.5 Å². The van der Waals surface area contributed by atoms with Crippen molar-refractivity contribution in [3.05, 3.63) is 66.0 Å². The molecule has 0 atom stereocenters. The van der Waals surface area contributed by atoms with E-state index in [-0.39, 0.29) is 0 Å². The quantitative estimate of drug-likeness (QED) is 0.472. The number of hydrogen-bond acceptors (Lipinski definition) is 4. The van der Waals surface area contributed by atoms with E-state index < -0.39 is 0 Å². The van der Waals surface area contributed by atoms with Crippen molar-refractivity contribution in [3.8, 4) is 17.2 Å². The van der Waals surface area contributed by atoms with Crippen LogP contribution in [0.3, 0.4) is 0 Å². The first-order valence-electron chi connectivity index (χ1n) is 9.53. The third-order valence-corrected chi connectivity index (χ3v) is 4.36. The summed E-state index contributed by atoms with van der Waals surface area (Å²) in [7, 11) is 3.37. The molecule has 29 heavy (non-hydrogen) atoms. The highest BCUT2D eigenvalue weighted by atomic mass is 16.5. The second-order valence-electron chi connectivity index (χ2n) is 6.38. The summed E-state index contributed by atoms with van der Waals surface area (Å²) >= 11 is 0. The monoisotopic (exact) mass is 393 g/mol. The zero-order chi connectivity index (χ0) is 20.6. The third kappa shape index (κ3) is 5.07. The highest BCUT2D eigenvalue weighted by molar-refractivity contribution is 5.93. The Hall–Kier alpha value is -3.48. The Morgan fingerprint density at radius 2 is 1.97 bits per heavy atom. The number of benzene rings is 2. The molecule has 3 rings (SSSR count). The summed E-state index contributed by atoms with van der Waals surface area (Å²) in [5.74, 6) is 2.04. The molecule has 0 saturated carbocycles. The van der Waals surface area contributed by atoms with Gasteiger partial charge < -0.3 is 20.1 Å². The normalized spacial score (nSPS) is 11.2. The molecular formula is C22H27N5O2. The maximum absolute atomic E-state index is 5.64. The molecular weight excluding hydrogens is 366 g/mol. The van der Waals surface area contributed by atoms with Gasteiger partial charge in [-0.25, -0.2) is 4.68 Å². The number of nitrogens with zero attached hydrogens (tertiary/aromatic N) is 3. The molecule has 0 saturated heterocycles. The smallest absolute Gasteiger partial charge is 0.195 e. The van der Waals surface area contributed by atoms with Crippen LogP contribution in [0, 0.1) is 6.92 Å². The zero-order valence-corrected chi connectivity index (χ0v) is 17.3. The van der Waals surface area contributed by atoms with Crippen molar-refractivity contribution in [1.29, 1.82) is 0 Å². The molecule has 0 unspecified atom stereocenters. The van der Waals surface area contributed by atoms with Gasteiger partial charge in [0.2, 0.25) is 0 Å². The Bertz CT molecular complexity index is 981. The predicted molar refractivity (Wildman–Crippen MR) is 116 cm³/mol. The summed E-state index contributed by atoms with van der Waals surface area (Å²) in [5, 5.41) is 11.2. The fourth-order valence-corrected chi connectivity index (χ4v) is 2.95. The van der Waals surface area contributed by atoms with Gasteiger partial charge in [-0.1, -0.05) is 18.2 Å². The van der Waals surface area contributed by atoms with Crippen LogP contribution in [0.4, 0.5) is 5.69 Å². The van der Waals surface area contributed by atoms with E-state index in [2.05, 4.69) is 32.9 Å². The number of rotatable bonds is 7. The van der Waals surface area contributed by atoms with Crippen LogP contribution >= 0.6 is 0 Å². The molecule has 1 heterocycles. The number of anilines is 1. The van der Waals surface area contributed by atoms with Gasteiger partial charge in [-0.3, -0.25) is 4.99 Å². The number of guanidine groups is 1. The summed E-state index contributed by atoms with van der Waals surface area (Å²) < 4.78 is 12.9. The van der Waals surface area contributed by atoms with Gasteiger partial charge in [0.15, 0.2) is 17.5 Å². The molecule has 7 nitrogen and oxygen atoms in total. The minimum atomic E-state index is 0.566. The summed E-state index contributed by atoms with van der Waals surface area (Å²) in [6.45, 7) is 5.09. The molecule has 3 aromatic rings. The minimum Gasteiger partial charge on any atom is -0.493 e. The molecule has 7 heteroatoms. The van der Waals surface area contributed by atoms with Crippen LogP contribution in [0.15, 0.2) is 59.7 Å². The summed E-state index contributed by atoms with van der Waals surface area (Å²) in [5.41, 5.74) is 3.99. The molecule has 0 fully saturated rings. The summed E-state index contributed by atoms with van der Waals surface area (Å²) in [6, 6.07) is 15.8. The van der Waals surface area contributed by atoms with E-state index in [4.69, 9.17) is 9.47 Å². The zero-order valence-electron chi connectivity index (χ0n) is 17.3. The largest absolute Gasteiger partial charge is 0.493 e. The standard InChI is InChI=1S/C22H27N5O2/c1-5-29-21-14-18(10-11-20(21)28-4)25-22(23-3)24-15-17-8-6-7-9-19(17)27-13-12-16(2)26-27/h6-14H,5,15H2,1-4H3,(H2,23,24,25). The Morgan fingerprint density at radius 3 is 2.66 bits per heavy atom. The number of aromatic nitrogens is 2. The van der Waals surface area contributed by atoms with Crippen molar-refractivity contribution < 1.29 is 9.47 Å². The van der Waals surface area contributed by atoms with Crippen molar-refractivity contribution in [2.75, 3.05) is 26.1 Å². The van der Waals surface area contributed by atoms with E-state index >= 15 is 0 Å². The van der Waals surface area contributed by atoms with E-state index in [9.17, 15) is 0 Å². The number of ether oxygens (including phenoxy) is 2. The molecule has 1 aromatic heterocycles. The molecule has 0 aliphatic carbocycles. The van der Waals surface area contributed by atoms with Gasteiger partial charge >= 0.3 is 0 Å². The van der Waals surface area contributed by atoms with Gasteiger partial charge in [-0.15, -0.1) is 0 Å². The van der Waals surface area contributed by atoms with Gasteiger partial charge in [0.05, 0.1) is 25.1 Å². The lowest BCUT2D eigenvalue weighted by Gasteiger charge is -2.16. The lowest BCUT2D eigenvalue weighted by atomic mass is 10.2. The Kier molecular flexibility index (Phi) is 6.73. The van der Waals surface area contributed by atoms with Gasteiger partial charge in [-0.05, 0) is 43.7 Å². The molecule has 2 N–H and O–H groups in total. The van der Waals surface area contributed by atoms with Crippen molar-refractivity contribution in [2.24, 2.45) is 4.99 Å². The molecule has 0 aliphatic rings. The molecule has 0 radical (unpaired) electrons. The first-order chi connectivity index (χ1) is 14.1. The number of hydrogen-bond donors (Lipinski definition) is 2. The Labute approximate surface area is 171 Å². The molecule has 0 amide bonds. The van der Waals surface area contributed by atoms with Crippen LogP contribution in [0.5, 0.6) is 11.5 Å². The maximum Gasteiger partial charge on any atom is 0.195 e. The fraction of sp³-hybridized carbons (Fsp3) is 0.273. The van der Waals surface area contributed by atoms with Gasteiger partial charge in [0.1, 0.15) is 0 Å². The first kappa shape index (κ1) is 20.3. The first-order valence-corrected chi connectivity index (χ1v) is 9.53. The van der Waals surface area contributed by atoms with E-state index in [1.807, 2.05) is 61.1 Å². The van der Waals surface area contributed by atoms with Crippen LogP contribution in [0.25, 0.3) is 5.69 Å². The average molecular weight is 393 g/mol. The highest BCUT2D eigenvalue weighted by Gasteiger charge is 2.09. The SMILES string of the molecule is CCOc1cc(NC(=NC)NCc2ccccc2-n2ccc(C)n2)ccc1OC. The highest BCUT2D eigenvalue weighted by Crippen LogP contribution is 2.30. The number of methoxy groups -OCH3 is 1. The van der Waals surface area contributed by atoms with Crippen molar-refractivity contribution in [2.45, 2.75) is 20.4 Å². The van der Waals surface area contributed by atoms with Crippen molar-refractivity contribution in [1.82, 2.24) is 15.1 Å². The Balaban J connectivity index is 1.72. The fourth-order valence-electron chi connectivity index (χ4n) is 2.95. The van der Waals surface area contributed by atoms with Crippen molar-refractivity contribution in [3.63, 3.8) is 0 Å². The minimum absolute atomic E-state index is 0.566. The van der Waals surface area contributed by atoms with Crippen LogP contribution in [0.2, 0.25) is 0 Å². The predicted octanol–water partition coefficient (Wildman–Crippen LogP) is 3.78. The second kappa shape index (κ2) is 9.64. The average Bonchev–Trinajstić information content (AvgIpc) is 3.18. The van der Waals surface area contributed by atoms with Crippen LogP contribution in [-0.2, 0) is 6.54 Å². The number of nitrogens with one attached hydrogen (secondary N) is 2. The molecule has 2 aromatic carbocycles. The molecule has 0 spiro atoms. The second-order valence-corrected chi connectivity index (χ2v) is 6.38. The van der Waals surface area contributed by atoms with E-state index in [0.717, 1.165) is 22.6 Å². The molecule has 0 aliphatic heterocycles.